The molecule has 2 N–H and O–H groups in total. The van der Waals surface area contributed by atoms with Crippen LogP contribution in [0.1, 0.15) is 5.69 Å². The fourth-order valence-corrected chi connectivity index (χ4v) is 0.697. The summed E-state index contributed by atoms with van der Waals surface area (Å²) in [5.41, 5.74) is 0.581. The van der Waals surface area contributed by atoms with Crippen molar-refractivity contribution < 1.29 is 10.2 Å². The third kappa shape index (κ3) is 1.23. The molecule has 0 aliphatic carbocycles. The van der Waals surface area contributed by atoms with Gasteiger partial charge >= 0.3 is 0 Å². The van der Waals surface area contributed by atoms with E-state index in [1.54, 1.807) is 6.20 Å². The molecule has 0 bridgehead atoms. The zero-order valence-corrected chi connectivity index (χ0v) is 4.92. The zero-order valence-electron chi connectivity index (χ0n) is 4.92. The second-order valence-corrected chi connectivity index (χ2v) is 1.79. The van der Waals surface area contributed by atoms with Crippen LogP contribution in [0.5, 0.6) is 5.75 Å². The SMILES string of the molecule is [O-]c1cc[nH]c1CCO. The fourth-order valence-electron chi connectivity index (χ4n) is 0.697. The highest BCUT2D eigenvalue weighted by molar-refractivity contribution is 5.24. The summed E-state index contributed by atoms with van der Waals surface area (Å²) in [6, 6.07) is 1.45. The number of aromatic amines is 1. The molecule has 1 aromatic rings. The van der Waals surface area contributed by atoms with Crippen molar-refractivity contribution >= 4 is 0 Å². The van der Waals surface area contributed by atoms with Crippen molar-refractivity contribution in [2.45, 2.75) is 6.42 Å². The van der Waals surface area contributed by atoms with Gasteiger partial charge in [0.05, 0.1) is 0 Å². The Balaban J connectivity index is 2.69. The number of rotatable bonds is 2. The summed E-state index contributed by atoms with van der Waals surface area (Å²) in [7, 11) is 0. The van der Waals surface area contributed by atoms with Gasteiger partial charge in [0.15, 0.2) is 0 Å². The maximum atomic E-state index is 10.7. The minimum Gasteiger partial charge on any atom is -0.871 e. The summed E-state index contributed by atoms with van der Waals surface area (Å²) < 4.78 is 0. The van der Waals surface area contributed by atoms with Crippen LogP contribution in [0, 0.1) is 0 Å². The number of aromatic nitrogens is 1. The summed E-state index contributed by atoms with van der Waals surface area (Å²) in [5.74, 6) is -0.0240. The molecule has 0 saturated heterocycles. The molecule has 0 atom stereocenters. The second-order valence-electron chi connectivity index (χ2n) is 1.79. The molecule has 0 saturated carbocycles. The van der Waals surface area contributed by atoms with E-state index >= 15 is 0 Å². The van der Waals surface area contributed by atoms with Crippen molar-refractivity contribution in [3.8, 4) is 5.75 Å². The van der Waals surface area contributed by atoms with E-state index in [9.17, 15) is 5.11 Å². The Morgan fingerprint density at radius 2 is 2.44 bits per heavy atom. The molecule has 3 nitrogen and oxygen atoms in total. The topological polar surface area (TPSA) is 59.1 Å². The van der Waals surface area contributed by atoms with E-state index in [4.69, 9.17) is 5.11 Å². The van der Waals surface area contributed by atoms with Gasteiger partial charge in [-0.25, -0.2) is 0 Å². The Morgan fingerprint density at radius 1 is 1.67 bits per heavy atom. The molecular weight excluding hydrogens is 118 g/mol. The van der Waals surface area contributed by atoms with Gasteiger partial charge in [-0.05, 0) is 0 Å². The van der Waals surface area contributed by atoms with Crippen molar-refractivity contribution in [1.29, 1.82) is 0 Å². The molecule has 3 heteroatoms. The lowest BCUT2D eigenvalue weighted by Crippen LogP contribution is -1.96. The molecule has 0 aromatic carbocycles. The van der Waals surface area contributed by atoms with E-state index < -0.39 is 0 Å². The number of hydrogen-bond donors (Lipinski definition) is 2. The molecule has 0 amide bonds. The molecule has 9 heavy (non-hydrogen) atoms. The summed E-state index contributed by atoms with van der Waals surface area (Å²) in [4.78, 5) is 2.73. The normalized spacial score (nSPS) is 9.89. The van der Waals surface area contributed by atoms with Crippen LogP contribution in [-0.4, -0.2) is 16.7 Å². The van der Waals surface area contributed by atoms with E-state index in [1.165, 1.54) is 6.07 Å². The van der Waals surface area contributed by atoms with E-state index in [1.807, 2.05) is 0 Å². The van der Waals surface area contributed by atoms with Gasteiger partial charge in [-0.2, -0.15) is 0 Å². The van der Waals surface area contributed by atoms with Gasteiger partial charge in [0.2, 0.25) is 0 Å². The molecule has 0 aliphatic rings. The van der Waals surface area contributed by atoms with Crippen LogP contribution < -0.4 is 5.11 Å². The Labute approximate surface area is 53.0 Å². The van der Waals surface area contributed by atoms with Gasteiger partial charge in [-0.15, -0.1) is 0 Å². The minimum atomic E-state index is -0.0240. The summed E-state index contributed by atoms with van der Waals surface area (Å²) >= 11 is 0. The van der Waals surface area contributed by atoms with E-state index in [-0.39, 0.29) is 12.4 Å². The molecule has 0 spiro atoms. The minimum absolute atomic E-state index is 0.0236. The first-order valence-electron chi connectivity index (χ1n) is 2.78. The number of hydrogen-bond acceptors (Lipinski definition) is 2. The monoisotopic (exact) mass is 126 g/mol. The van der Waals surface area contributed by atoms with E-state index in [0.717, 1.165) is 0 Å². The first-order chi connectivity index (χ1) is 4.34. The van der Waals surface area contributed by atoms with Crippen LogP contribution in [0.2, 0.25) is 0 Å². The second kappa shape index (κ2) is 2.55. The Kier molecular flexibility index (Phi) is 1.75. The average Bonchev–Trinajstić information content (AvgIpc) is 2.18. The van der Waals surface area contributed by atoms with Gasteiger partial charge in [0.1, 0.15) is 0 Å². The summed E-state index contributed by atoms with van der Waals surface area (Å²) in [6.45, 7) is 0.0236. The van der Waals surface area contributed by atoms with Crippen LogP contribution in [-0.2, 0) is 6.42 Å². The number of aliphatic hydroxyl groups is 1. The highest BCUT2D eigenvalue weighted by Crippen LogP contribution is 2.09. The predicted molar refractivity (Wildman–Crippen MR) is 31.0 cm³/mol. The molecule has 0 aliphatic heterocycles. The fraction of sp³-hybridized carbons (Fsp3) is 0.333. The predicted octanol–water partition coefficient (Wildman–Crippen LogP) is -0.377. The number of H-pyrrole nitrogens is 1. The zero-order chi connectivity index (χ0) is 6.69. The number of aliphatic hydroxyl groups excluding tert-OH is 1. The van der Waals surface area contributed by atoms with Gasteiger partial charge in [0, 0.05) is 24.9 Å². The van der Waals surface area contributed by atoms with Crippen LogP contribution in [0.25, 0.3) is 0 Å². The highest BCUT2D eigenvalue weighted by atomic mass is 16.3. The molecule has 1 heterocycles. The molecule has 0 fully saturated rings. The maximum absolute atomic E-state index is 10.7. The molecule has 1 rings (SSSR count). The van der Waals surface area contributed by atoms with Gasteiger partial charge in [-0.1, -0.05) is 11.8 Å². The summed E-state index contributed by atoms with van der Waals surface area (Å²) in [5, 5.41) is 19.1. The standard InChI is InChI=1S/C6H9NO2/c8-4-2-5-6(9)1-3-7-5/h1,3,7-9H,2,4H2/p-1. The lowest BCUT2D eigenvalue weighted by Gasteiger charge is -2.03. The Morgan fingerprint density at radius 3 is 2.89 bits per heavy atom. The van der Waals surface area contributed by atoms with E-state index in [0.29, 0.717) is 12.1 Å². The molecule has 50 valence electrons. The van der Waals surface area contributed by atoms with Gasteiger partial charge in [0.25, 0.3) is 0 Å². The quantitative estimate of drug-likeness (QED) is 0.567. The van der Waals surface area contributed by atoms with Gasteiger partial charge < -0.3 is 15.2 Å². The summed E-state index contributed by atoms with van der Waals surface area (Å²) in [6.07, 6.45) is 2.00. The van der Waals surface area contributed by atoms with Crippen LogP contribution >= 0.6 is 0 Å². The van der Waals surface area contributed by atoms with E-state index in [2.05, 4.69) is 4.98 Å². The first-order valence-corrected chi connectivity index (χ1v) is 2.78. The lowest BCUT2D eigenvalue weighted by atomic mass is 10.3. The highest BCUT2D eigenvalue weighted by Gasteiger charge is 1.90. The third-order valence-electron chi connectivity index (χ3n) is 1.15. The largest absolute Gasteiger partial charge is 0.871 e. The van der Waals surface area contributed by atoms with Crippen molar-refractivity contribution in [3.63, 3.8) is 0 Å². The smallest absolute Gasteiger partial charge is 0.0485 e. The Bertz CT molecular complexity index is 183. The van der Waals surface area contributed by atoms with Crippen LogP contribution in [0.4, 0.5) is 0 Å². The lowest BCUT2D eigenvalue weighted by molar-refractivity contribution is -0.269. The number of nitrogens with one attached hydrogen (secondary N) is 1. The van der Waals surface area contributed by atoms with Crippen LogP contribution in [0.15, 0.2) is 12.3 Å². The van der Waals surface area contributed by atoms with Crippen molar-refractivity contribution in [1.82, 2.24) is 4.98 Å². The molecular formula is C6H8NO2-. The van der Waals surface area contributed by atoms with Crippen molar-refractivity contribution in [2.75, 3.05) is 6.61 Å². The van der Waals surface area contributed by atoms with Gasteiger partial charge in [-0.3, -0.25) is 0 Å². The van der Waals surface area contributed by atoms with Crippen molar-refractivity contribution in [2.24, 2.45) is 0 Å². The average molecular weight is 126 g/mol. The third-order valence-corrected chi connectivity index (χ3v) is 1.15. The van der Waals surface area contributed by atoms with Crippen LogP contribution in [0.3, 0.4) is 0 Å². The van der Waals surface area contributed by atoms with Crippen molar-refractivity contribution in [3.05, 3.63) is 18.0 Å². The Hall–Kier alpha value is -0.960. The first kappa shape index (κ1) is 6.16. The molecule has 1 aromatic heterocycles. The molecule has 0 radical (unpaired) electrons. The molecule has 0 unspecified atom stereocenters. The maximum Gasteiger partial charge on any atom is 0.0485 e.